The molecule has 3 atom stereocenters. The number of ether oxygens (including phenoxy) is 2. The van der Waals surface area contributed by atoms with Crippen LogP contribution in [-0.2, 0) is 34.0 Å². The Morgan fingerprint density at radius 3 is 3.00 bits per heavy atom. The Hall–Kier alpha value is -2.49. The Kier molecular flexibility index (Phi) is 9.01. The Bertz CT molecular complexity index is 858. The molecule has 0 saturated heterocycles. The van der Waals surface area contributed by atoms with Crippen LogP contribution in [0.4, 0.5) is 0 Å². The number of phenolic OH excluding ortho intramolecular Hbond substituents is 1. The minimum Gasteiger partial charge on any atom is -0.508 e. The first-order chi connectivity index (χ1) is 15.4. The Morgan fingerprint density at radius 1 is 1.34 bits per heavy atom. The molecule has 0 unspecified atom stereocenters. The van der Waals surface area contributed by atoms with Gasteiger partial charge in [0.25, 0.3) is 0 Å². The fourth-order valence-electron chi connectivity index (χ4n) is 3.69. The van der Waals surface area contributed by atoms with E-state index in [1.165, 1.54) is 0 Å². The summed E-state index contributed by atoms with van der Waals surface area (Å²) in [6, 6.07) is 7.37. The molecule has 1 aromatic heterocycles. The number of fused-ring (bicyclic) bond motifs is 2. The third kappa shape index (κ3) is 7.89. The summed E-state index contributed by atoms with van der Waals surface area (Å²) in [7, 11) is 2.05. The molecule has 2 bridgehead atoms. The first kappa shape index (κ1) is 24.2. The van der Waals surface area contributed by atoms with Gasteiger partial charge in [-0.25, -0.2) is 0 Å². The zero-order chi connectivity index (χ0) is 22.9. The SMILES string of the molecule is C[C@@H]1CN[C@@H](C)COC(=O)CCCn2cc(nn2)CO[C@@H]1CN(C)Cc1cccc(O)c1. The predicted molar refractivity (Wildman–Crippen MR) is 120 cm³/mol. The number of rotatable bonds is 4. The highest BCUT2D eigenvalue weighted by atomic mass is 16.5. The molecule has 0 fully saturated rings. The summed E-state index contributed by atoms with van der Waals surface area (Å²) < 4.78 is 13.4. The Balaban J connectivity index is 1.66. The van der Waals surface area contributed by atoms with Crippen LogP contribution in [0, 0.1) is 5.92 Å². The minimum atomic E-state index is -0.186. The number of nitrogens with one attached hydrogen (secondary N) is 1. The first-order valence-corrected chi connectivity index (χ1v) is 11.2. The van der Waals surface area contributed by atoms with Crippen LogP contribution >= 0.6 is 0 Å². The number of carbonyl (C=O) groups excluding carboxylic acids is 1. The molecule has 2 aromatic rings. The van der Waals surface area contributed by atoms with E-state index in [1.54, 1.807) is 16.8 Å². The summed E-state index contributed by atoms with van der Waals surface area (Å²) in [5, 5.41) is 21.5. The van der Waals surface area contributed by atoms with Crippen molar-refractivity contribution in [1.82, 2.24) is 25.2 Å². The van der Waals surface area contributed by atoms with E-state index < -0.39 is 0 Å². The van der Waals surface area contributed by atoms with E-state index in [0.29, 0.717) is 39.1 Å². The molecule has 0 amide bonds. The largest absolute Gasteiger partial charge is 0.508 e. The van der Waals surface area contributed by atoms with Crippen molar-refractivity contribution in [3.8, 4) is 5.75 Å². The van der Waals surface area contributed by atoms with Crippen molar-refractivity contribution in [2.24, 2.45) is 5.92 Å². The lowest BCUT2D eigenvalue weighted by Gasteiger charge is -2.30. The topological polar surface area (TPSA) is 102 Å². The van der Waals surface area contributed by atoms with Gasteiger partial charge in [0.05, 0.1) is 18.9 Å². The number of likely N-dealkylation sites (N-methyl/N-ethyl adjacent to an activating group) is 1. The summed E-state index contributed by atoms with van der Waals surface area (Å²) >= 11 is 0. The second-order valence-electron chi connectivity index (χ2n) is 8.76. The van der Waals surface area contributed by atoms with Crippen molar-refractivity contribution in [1.29, 1.82) is 0 Å². The summed E-state index contributed by atoms with van der Waals surface area (Å²) in [6.07, 6.45) is 2.85. The highest BCUT2D eigenvalue weighted by molar-refractivity contribution is 5.69. The highest BCUT2D eigenvalue weighted by Crippen LogP contribution is 2.16. The van der Waals surface area contributed by atoms with E-state index in [0.717, 1.165) is 24.3 Å². The number of nitrogens with zero attached hydrogens (tertiary/aromatic N) is 4. The average Bonchev–Trinajstić information content (AvgIpc) is 3.20. The smallest absolute Gasteiger partial charge is 0.305 e. The van der Waals surface area contributed by atoms with Gasteiger partial charge in [-0.05, 0) is 44.0 Å². The second-order valence-corrected chi connectivity index (χ2v) is 8.76. The van der Waals surface area contributed by atoms with Crippen LogP contribution in [0.5, 0.6) is 5.75 Å². The quantitative estimate of drug-likeness (QED) is 0.689. The van der Waals surface area contributed by atoms with Crippen molar-refractivity contribution in [3.63, 3.8) is 0 Å². The number of hydrogen-bond acceptors (Lipinski definition) is 8. The van der Waals surface area contributed by atoms with Crippen LogP contribution in [0.25, 0.3) is 0 Å². The molecule has 0 saturated carbocycles. The maximum Gasteiger partial charge on any atom is 0.305 e. The van der Waals surface area contributed by atoms with Crippen molar-refractivity contribution < 1.29 is 19.4 Å². The normalized spacial score (nSPS) is 23.8. The number of cyclic esters (lactones) is 1. The first-order valence-electron chi connectivity index (χ1n) is 11.2. The predicted octanol–water partition coefficient (Wildman–Crippen LogP) is 1.95. The van der Waals surface area contributed by atoms with E-state index >= 15 is 0 Å². The minimum absolute atomic E-state index is 0.0439. The van der Waals surface area contributed by atoms with Crippen LogP contribution in [0.15, 0.2) is 30.5 Å². The molecule has 0 aliphatic carbocycles. The van der Waals surface area contributed by atoms with E-state index in [1.807, 2.05) is 32.3 Å². The number of benzene rings is 1. The van der Waals surface area contributed by atoms with Gasteiger partial charge in [0, 0.05) is 38.6 Å². The number of hydrogen-bond donors (Lipinski definition) is 2. The molecule has 0 spiro atoms. The third-order valence-electron chi connectivity index (χ3n) is 5.57. The zero-order valence-corrected chi connectivity index (χ0v) is 19.2. The van der Waals surface area contributed by atoms with Gasteiger partial charge in [0.1, 0.15) is 18.1 Å². The van der Waals surface area contributed by atoms with E-state index in [2.05, 4.69) is 27.5 Å². The number of aromatic nitrogens is 3. The monoisotopic (exact) mass is 445 g/mol. The molecular weight excluding hydrogens is 410 g/mol. The molecule has 3 rings (SSSR count). The third-order valence-corrected chi connectivity index (χ3v) is 5.57. The van der Waals surface area contributed by atoms with Gasteiger partial charge in [0.15, 0.2) is 0 Å². The maximum atomic E-state index is 12.0. The van der Waals surface area contributed by atoms with Gasteiger partial charge in [-0.3, -0.25) is 14.4 Å². The van der Waals surface area contributed by atoms with E-state index in [9.17, 15) is 9.90 Å². The molecule has 9 nitrogen and oxygen atoms in total. The molecule has 32 heavy (non-hydrogen) atoms. The van der Waals surface area contributed by atoms with Crippen molar-refractivity contribution >= 4 is 5.97 Å². The van der Waals surface area contributed by atoms with Gasteiger partial charge < -0.3 is 19.9 Å². The summed E-state index contributed by atoms with van der Waals surface area (Å²) in [5.74, 6) is 0.295. The number of aromatic hydroxyl groups is 1. The summed E-state index contributed by atoms with van der Waals surface area (Å²) in [4.78, 5) is 14.1. The van der Waals surface area contributed by atoms with Crippen molar-refractivity contribution in [3.05, 3.63) is 41.7 Å². The van der Waals surface area contributed by atoms with Crippen LogP contribution < -0.4 is 5.32 Å². The molecule has 176 valence electrons. The molecule has 2 heterocycles. The van der Waals surface area contributed by atoms with E-state index in [4.69, 9.17) is 9.47 Å². The molecule has 1 aliphatic heterocycles. The van der Waals surface area contributed by atoms with Gasteiger partial charge in [-0.15, -0.1) is 5.10 Å². The molecule has 9 heteroatoms. The van der Waals surface area contributed by atoms with Crippen LogP contribution in [0.3, 0.4) is 0 Å². The average molecular weight is 446 g/mol. The van der Waals surface area contributed by atoms with Gasteiger partial charge in [0.2, 0.25) is 0 Å². The molecule has 2 N–H and O–H groups in total. The molecule has 1 aromatic carbocycles. The van der Waals surface area contributed by atoms with Gasteiger partial charge >= 0.3 is 5.97 Å². The highest BCUT2D eigenvalue weighted by Gasteiger charge is 2.22. The summed E-state index contributed by atoms with van der Waals surface area (Å²) in [5.41, 5.74) is 1.82. The second kappa shape index (κ2) is 11.9. The van der Waals surface area contributed by atoms with Crippen LogP contribution in [0.2, 0.25) is 0 Å². The van der Waals surface area contributed by atoms with Gasteiger partial charge in [-0.2, -0.15) is 0 Å². The number of carbonyl (C=O) groups is 1. The lowest BCUT2D eigenvalue weighted by Crippen LogP contribution is -2.42. The Morgan fingerprint density at radius 2 is 2.19 bits per heavy atom. The number of phenols is 1. The summed E-state index contributed by atoms with van der Waals surface area (Å²) in [6.45, 7) is 7.67. The van der Waals surface area contributed by atoms with Crippen molar-refractivity contribution in [2.75, 3.05) is 26.7 Å². The fourth-order valence-corrected chi connectivity index (χ4v) is 3.69. The molecule has 1 aliphatic rings. The fraction of sp³-hybridized carbons (Fsp3) is 0.609. The molecule has 0 radical (unpaired) electrons. The van der Waals surface area contributed by atoms with E-state index in [-0.39, 0.29) is 29.8 Å². The lowest BCUT2D eigenvalue weighted by molar-refractivity contribution is -0.144. The standard InChI is InChI=1S/C23H35N5O4/c1-17-11-24-18(2)15-32-23(30)8-5-9-28-13-20(25-26-28)16-31-22(17)14-27(3)12-19-6-4-7-21(29)10-19/h4,6-7,10,13,17-18,22,24,29H,5,8-9,11-12,14-16H2,1-3H3/t17-,18+,22-/m1/s1. The van der Waals surface area contributed by atoms with Crippen molar-refractivity contribution in [2.45, 2.75) is 58.5 Å². The lowest BCUT2D eigenvalue weighted by atomic mass is 10.0. The number of aryl methyl sites for hydroxylation is 1. The Labute approximate surface area is 189 Å². The number of esters is 1. The van der Waals surface area contributed by atoms with Crippen LogP contribution in [0.1, 0.15) is 37.9 Å². The van der Waals surface area contributed by atoms with Gasteiger partial charge in [-0.1, -0.05) is 24.3 Å². The zero-order valence-electron chi connectivity index (χ0n) is 19.2. The van der Waals surface area contributed by atoms with Crippen LogP contribution in [-0.4, -0.2) is 69.9 Å². The maximum absolute atomic E-state index is 12.0. The molecular formula is C23H35N5O4.